The van der Waals surface area contributed by atoms with Gasteiger partial charge in [-0.15, -0.1) is 0 Å². The Kier molecular flexibility index (Phi) is 5.41. The quantitative estimate of drug-likeness (QED) is 0.609. The van der Waals surface area contributed by atoms with Gasteiger partial charge in [-0.2, -0.15) is 0 Å². The van der Waals surface area contributed by atoms with Crippen molar-refractivity contribution in [2.45, 2.75) is 47.0 Å². The van der Waals surface area contributed by atoms with Crippen molar-refractivity contribution in [2.75, 3.05) is 5.33 Å². The van der Waals surface area contributed by atoms with E-state index in [1.54, 1.807) is 0 Å². The number of hydrogen-bond acceptors (Lipinski definition) is 0. The summed E-state index contributed by atoms with van der Waals surface area (Å²) < 4.78 is 0. The van der Waals surface area contributed by atoms with Gasteiger partial charge in [0.25, 0.3) is 0 Å². The minimum Gasteiger partial charge on any atom is -0.0925 e. The summed E-state index contributed by atoms with van der Waals surface area (Å²) in [5, 5.41) is 1.15. The van der Waals surface area contributed by atoms with Crippen molar-refractivity contribution >= 4 is 15.9 Å². The zero-order chi connectivity index (χ0) is 8.91. The monoisotopic (exact) mass is 220 g/mol. The largest absolute Gasteiger partial charge is 0.0925 e. The molecule has 0 aliphatic heterocycles. The van der Waals surface area contributed by atoms with E-state index in [1.807, 2.05) is 0 Å². The molecule has 0 aliphatic rings. The van der Waals surface area contributed by atoms with Crippen LogP contribution in [-0.4, -0.2) is 5.33 Å². The van der Waals surface area contributed by atoms with Crippen molar-refractivity contribution in [1.29, 1.82) is 0 Å². The van der Waals surface area contributed by atoms with E-state index in [0.717, 1.165) is 11.2 Å². The van der Waals surface area contributed by atoms with Gasteiger partial charge in [0.1, 0.15) is 0 Å². The molecule has 0 aromatic carbocycles. The van der Waals surface area contributed by atoms with Crippen LogP contribution in [-0.2, 0) is 0 Å². The molecule has 1 atom stereocenters. The molecule has 1 unspecified atom stereocenters. The second-order valence-electron chi connectivity index (χ2n) is 4.32. The molecule has 0 bridgehead atoms. The molecule has 0 amide bonds. The van der Waals surface area contributed by atoms with Crippen molar-refractivity contribution in [2.24, 2.45) is 11.3 Å². The third-order valence-corrected chi connectivity index (χ3v) is 3.64. The molecule has 68 valence electrons. The smallest absolute Gasteiger partial charge is 0.00570 e. The highest BCUT2D eigenvalue weighted by Gasteiger charge is 2.15. The highest BCUT2D eigenvalue weighted by atomic mass is 79.9. The Bertz CT molecular complexity index is 97.0. The molecule has 0 aromatic heterocycles. The second-order valence-corrected chi connectivity index (χ2v) is 4.96. The molecule has 0 fully saturated rings. The van der Waals surface area contributed by atoms with Gasteiger partial charge in [-0.1, -0.05) is 50.0 Å². The fraction of sp³-hybridized carbons (Fsp3) is 1.00. The van der Waals surface area contributed by atoms with Gasteiger partial charge in [-0.25, -0.2) is 0 Å². The van der Waals surface area contributed by atoms with E-state index in [2.05, 4.69) is 43.6 Å². The average molecular weight is 221 g/mol. The van der Waals surface area contributed by atoms with Crippen LogP contribution in [0.5, 0.6) is 0 Å². The molecule has 0 aromatic rings. The van der Waals surface area contributed by atoms with Crippen LogP contribution in [0.2, 0.25) is 0 Å². The van der Waals surface area contributed by atoms with Crippen molar-refractivity contribution in [3.05, 3.63) is 0 Å². The van der Waals surface area contributed by atoms with Gasteiger partial charge >= 0.3 is 0 Å². The minimum absolute atomic E-state index is 0.552. The maximum atomic E-state index is 3.50. The molecule has 0 radical (unpaired) electrons. The van der Waals surface area contributed by atoms with Crippen LogP contribution in [0.1, 0.15) is 47.0 Å². The van der Waals surface area contributed by atoms with E-state index in [1.165, 1.54) is 19.3 Å². The van der Waals surface area contributed by atoms with E-state index in [9.17, 15) is 0 Å². The number of halogens is 1. The van der Waals surface area contributed by atoms with Crippen LogP contribution in [0.4, 0.5) is 0 Å². The van der Waals surface area contributed by atoms with Crippen LogP contribution < -0.4 is 0 Å². The van der Waals surface area contributed by atoms with Crippen LogP contribution in [0.3, 0.4) is 0 Å². The second kappa shape index (κ2) is 5.18. The van der Waals surface area contributed by atoms with Crippen LogP contribution in [0.15, 0.2) is 0 Å². The molecular formula is C10H21Br. The summed E-state index contributed by atoms with van der Waals surface area (Å²) in [4.78, 5) is 0. The summed E-state index contributed by atoms with van der Waals surface area (Å²) in [6.07, 6.45) is 4.00. The van der Waals surface area contributed by atoms with Crippen LogP contribution in [0.25, 0.3) is 0 Å². The zero-order valence-corrected chi connectivity index (χ0v) is 9.87. The number of rotatable bonds is 5. The van der Waals surface area contributed by atoms with E-state index < -0.39 is 0 Å². The van der Waals surface area contributed by atoms with E-state index in [0.29, 0.717) is 5.41 Å². The Morgan fingerprint density at radius 3 is 2.27 bits per heavy atom. The topological polar surface area (TPSA) is 0 Å². The first-order valence-corrected chi connectivity index (χ1v) is 5.70. The molecule has 0 N–H and O–H groups in total. The maximum absolute atomic E-state index is 3.50. The van der Waals surface area contributed by atoms with Crippen molar-refractivity contribution < 1.29 is 0 Å². The Morgan fingerprint density at radius 2 is 1.91 bits per heavy atom. The molecule has 0 saturated heterocycles. The van der Waals surface area contributed by atoms with Gasteiger partial charge in [-0.05, 0) is 24.2 Å². The minimum atomic E-state index is 0.552. The third kappa shape index (κ3) is 5.72. The zero-order valence-electron chi connectivity index (χ0n) is 8.28. The molecule has 1 heteroatoms. The Hall–Kier alpha value is 0.480. The predicted molar refractivity (Wildman–Crippen MR) is 56.3 cm³/mol. The summed E-state index contributed by atoms with van der Waals surface area (Å²) in [5.41, 5.74) is 0.552. The van der Waals surface area contributed by atoms with Crippen molar-refractivity contribution in [3.8, 4) is 0 Å². The maximum Gasteiger partial charge on any atom is 0.00570 e. The first kappa shape index (κ1) is 11.5. The lowest BCUT2D eigenvalue weighted by atomic mass is 9.83. The molecule has 0 rings (SSSR count). The van der Waals surface area contributed by atoms with Gasteiger partial charge in [0, 0.05) is 5.33 Å². The lowest BCUT2D eigenvalue weighted by Gasteiger charge is -2.23. The fourth-order valence-corrected chi connectivity index (χ4v) is 1.21. The number of hydrogen-bond donors (Lipinski definition) is 0. The normalized spacial score (nSPS) is 15.0. The molecule has 0 aliphatic carbocycles. The van der Waals surface area contributed by atoms with Gasteiger partial charge in [0.2, 0.25) is 0 Å². The molecule has 11 heavy (non-hydrogen) atoms. The fourth-order valence-electron chi connectivity index (χ4n) is 0.891. The van der Waals surface area contributed by atoms with Gasteiger partial charge in [0.15, 0.2) is 0 Å². The summed E-state index contributed by atoms with van der Waals surface area (Å²) >= 11 is 3.50. The van der Waals surface area contributed by atoms with Crippen molar-refractivity contribution in [1.82, 2.24) is 0 Å². The molecule has 0 heterocycles. The van der Waals surface area contributed by atoms with Gasteiger partial charge in [-0.3, -0.25) is 0 Å². The molecule has 0 nitrogen and oxygen atoms in total. The highest BCUT2D eigenvalue weighted by molar-refractivity contribution is 9.09. The van der Waals surface area contributed by atoms with Crippen LogP contribution in [0, 0.1) is 11.3 Å². The molecular weight excluding hydrogens is 200 g/mol. The lowest BCUT2D eigenvalue weighted by molar-refractivity contribution is 0.295. The standard InChI is InChI=1S/C10H21Br/c1-5-10(3,4)7-6-9(2)8-11/h9H,5-8H2,1-4H3. The Morgan fingerprint density at radius 1 is 1.36 bits per heavy atom. The summed E-state index contributed by atoms with van der Waals surface area (Å²) in [6.45, 7) is 9.29. The lowest BCUT2D eigenvalue weighted by Crippen LogP contribution is -2.11. The Labute approximate surface area is 79.9 Å². The third-order valence-electron chi connectivity index (χ3n) is 2.53. The van der Waals surface area contributed by atoms with Crippen LogP contribution >= 0.6 is 15.9 Å². The average Bonchev–Trinajstić information content (AvgIpc) is 2.00. The highest BCUT2D eigenvalue weighted by Crippen LogP contribution is 2.28. The summed E-state index contributed by atoms with van der Waals surface area (Å²) in [7, 11) is 0. The SMILES string of the molecule is CCC(C)(C)CCC(C)CBr. The van der Waals surface area contributed by atoms with E-state index in [4.69, 9.17) is 0 Å². The first-order valence-electron chi connectivity index (χ1n) is 4.58. The number of alkyl halides is 1. The first-order chi connectivity index (χ1) is 5.02. The molecule has 0 spiro atoms. The van der Waals surface area contributed by atoms with E-state index >= 15 is 0 Å². The summed E-state index contributed by atoms with van der Waals surface area (Å²) in [5.74, 6) is 0.834. The predicted octanol–water partition coefficient (Wildman–Crippen LogP) is 4.23. The van der Waals surface area contributed by atoms with E-state index in [-0.39, 0.29) is 0 Å². The molecule has 0 saturated carbocycles. The van der Waals surface area contributed by atoms with Gasteiger partial charge < -0.3 is 0 Å². The summed E-state index contributed by atoms with van der Waals surface area (Å²) in [6, 6.07) is 0. The van der Waals surface area contributed by atoms with Gasteiger partial charge in [0.05, 0.1) is 0 Å². The van der Waals surface area contributed by atoms with Crippen molar-refractivity contribution in [3.63, 3.8) is 0 Å². The Balaban J connectivity index is 3.52.